The number of rotatable bonds is 4. The van der Waals surface area contributed by atoms with Gasteiger partial charge in [0.15, 0.2) is 0 Å². The lowest BCUT2D eigenvalue weighted by Crippen LogP contribution is -2.12. The monoisotopic (exact) mass is 276 g/mol. The number of ether oxygens (including phenoxy) is 1. The number of benzene rings is 1. The molecule has 4 nitrogen and oxygen atoms in total. The summed E-state index contributed by atoms with van der Waals surface area (Å²) in [6.45, 7) is 2.05. The highest BCUT2D eigenvalue weighted by Crippen LogP contribution is 2.13. The molecule has 1 aromatic rings. The van der Waals surface area contributed by atoms with Crippen molar-refractivity contribution in [2.45, 2.75) is 6.92 Å². The summed E-state index contributed by atoms with van der Waals surface area (Å²) in [6, 6.07) is 6.96. The van der Waals surface area contributed by atoms with Gasteiger partial charge in [-0.1, -0.05) is 11.6 Å². The van der Waals surface area contributed by atoms with E-state index in [2.05, 4.69) is 5.32 Å². The SMILES string of the molecule is CCOC(=O)C=C(N)Nc1ccc(Cl)cc1.Cl. The molecule has 0 aromatic heterocycles. The van der Waals surface area contributed by atoms with Crippen LogP contribution >= 0.6 is 24.0 Å². The van der Waals surface area contributed by atoms with E-state index < -0.39 is 5.97 Å². The first-order valence-electron chi connectivity index (χ1n) is 4.78. The second-order valence-electron chi connectivity index (χ2n) is 2.98. The first-order chi connectivity index (χ1) is 7.61. The molecule has 0 radical (unpaired) electrons. The molecule has 0 aliphatic carbocycles. The summed E-state index contributed by atoms with van der Waals surface area (Å²) in [5.74, 6) is -0.248. The van der Waals surface area contributed by atoms with Gasteiger partial charge in [-0.3, -0.25) is 0 Å². The van der Waals surface area contributed by atoms with Crippen LogP contribution in [0.2, 0.25) is 5.02 Å². The van der Waals surface area contributed by atoms with Crippen LogP contribution in [0.5, 0.6) is 0 Å². The minimum atomic E-state index is -0.471. The van der Waals surface area contributed by atoms with Crippen LogP contribution in [0.1, 0.15) is 6.92 Å². The molecule has 1 aromatic carbocycles. The Morgan fingerprint density at radius 1 is 1.47 bits per heavy atom. The molecular formula is C11H14Cl2N2O2. The fraction of sp³-hybridized carbons (Fsp3) is 0.182. The normalized spacial score (nSPS) is 10.4. The van der Waals surface area contributed by atoms with Crippen LogP contribution < -0.4 is 11.1 Å². The molecule has 6 heteroatoms. The lowest BCUT2D eigenvalue weighted by Gasteiger charge is -2.06. The standard InChI is InChI=1S/C11H13ClN2O2.ClH/c1-2-16-11(15)7-10(13)14-9-5-3-8(12)4-6-9;/h3-7,14H,2,13H2,1H3;1H. The van der Waals surface area contributed by atoms with Crippen LogP contribution in [0.3, 0.4) is 0 Å². The number of hydrogen-bond donors (Lipinski definition) is 2. The van der Waals surface area contributed by atoms with Crippen LogP contribution in [-0.4, -0.2) is 12.6 Å². The van der Waals surface area contributed by atoms with Crippen molar-refractivity contribution < 1.29 is 9.53 Å². The van der Waals surface area contributed by atoms with Crippen LogP contribution in [-0.2, 0) is 9.53 Å². The quantitative estimate of drug-likeness (QED) is 0.655. The van der Waals surface area contributed by atoms with Crippen molar-refractivity contribution in [3.8, 4) is 0 Å². The molecular weight excluding hydrogens is 263 g/mol. The van der Waals surface area contributed by atoms with E-state index in [0.717, 1.165) is 5.69 Å². The maximum absolute atomic E-state index is 11.1. The highest BCUT2D eigenvalue weighted by molar-refractivity contribution is 6.30. The fourth-order valence-electron chi connectivity index (χ4n) is 1.05. The van der Waals surface area contributed by atoms with E-state index >= 15 is 0 Å². The summed E-state index contributed by atoms with van der Waals surface area (Å²) >= 11 is 5.73. The van der Waals surface area contributed by atoms with Crippen molar-refractivity contribution in [2.75, 3.05) is 11.9 Å². The molecule has 0 spiro atoms. The summed E-state index contributed by atoms with van der Waals surface area (Å²) in [5, 5.41) is 3.48. The lowest BCUT2D eigenvalue weighted by atomic mass is 10.3. The number of anilines is 1. The highest BCUT2D eigenvalue weighted by atomic mass is 35.5. The number of halogens is 2. The Morgan fingerprint density at radius 3 is 2.59 bits per heavy atom. The van der Waals surface area contributed by atoms with Crippen molar-refractivity contribution in [1.82, 2.24) is 0 Å². The zero-order valence-corrected chi connectivity index (χ0v) is 10.8. The van der Waals surface area contributed by atoms with E-state index in [1.807, 2.05) is 0 Å². The molecule has 0 aliphatic rings. The van der Waals surface area contributed by atoms with E-state index in [0.29, 0.717) is 11.6 Å². The van der Waals surface area contributed by atoms with Gasteiger partial charge in [0.2, 0.25) is 0 Å². The van der Waals surface area contributed by atoms with E-state index in [4.69, 9.17) is 22.1 Å². The topological polar surface area (TPSA) is 64.3 Å². The second kappa shape index (κ2) is 7.81. The maximum Gasteiger partial charge on any atom is 0.334 e. The van der Waals surface area contributed by atoms with Gasteiger partial charge in [0.25, 0.3) is 0 Å². The minimum absolute atomic E-state index is 0. The molecule has 0 saturated heterocycles. The van der Waals surface area contributed by atoms with Gasteiger partial charge in [-0.15, -0.1) is 12.4 Å². The number of nitrogens with two attached hydrogens (primary N) is 1. The number of carbonyl (C=O) groups is 1. The third-order valence-corrected chi connectivity index (χ3v) is 1.94. The summed E-state index contributed by atoms with van der Waals surface area (Å²) < 4.78 is 4.71. The third-order valence-electron chi connectivity index (χ3n) is 1.69. The van der Waals surface area contributed by atoms with E-state index in [9.17, 15) is 4.79 Å². The lowest BCUT2D eigenvalue weighted by molar-refractivity contribution is -0.137. The average molecular weight is 277 g/mol. The maximum atomic E-state index is 11.1. The molecule has 0 amide bonds. The predicted octanol–water partition coefficient (Wildman–Crippen LogP) is 2.54. The van der Waals surface area contributed by atoms with E-state index in [1.54, 1.807) is 31.2 Å². The van der Waals surface area contributed by atoms with Crippen molar-refractivity contribution in [3.63, 3.8) is 0 Å². The van der Waals surface area contributed by atoms with Crippen LogP contribution in [0.25, 0.3) is 0 Å². The Balaban J connectivity index is 0.00000256. The number of hydrogen-bond acceptors (Lipinski definition) is 4. The first-order valence-corrected chi connectivity index (χ1v) is 5.16. The Bertz CT molecular complexity index is 391. The van der Waals surface area contributed by atoms with Crippen LogP contribution in [0.15, 0.2) is 36.2 Å². The predicted molar refractivity (Wildman–Crippen MR) is 71.2 cm³/mol. The minimum Gasteiger partial charge on any atom is -0.463 e. The molecule has 0 aliphatic heterocycles. The van der Waals surface area contributed by atoms with E-state index in [-0.39, 0.29) is 18.2 Å². The second-order valence-corrected chi connectivity index (χ2v) is 3.42. The Morgan fingerprint density at radius 2 is 2.06 bits per heavy atom. The largest absolute Gasteiger partial charge is 0.463 e. The molecule has 0 heterocycles. The van der Waals surface area contributed by atoms with Crippen molar-refractivity contribution in [3.05, 3.63) is 41.2 Å². The number of nitrogens with one attached hydrogen (secondary N) is 1. The Kier molecular flexibility index (Phi) is 7.18. The van der Waals surface area contributed by atoms with Gasteiger partial charge in [-0.05, 0) is 31.2 Å². The molecule has 0 fully saturated rings. The number of carbonyl (C=O) groups excluding carboxylic acids is 1. The van der Waals surface area contributed by atoms with Crippen LogP contribution in [0.4, 0.5) is 5.69 Å². The van der Waals surface area contributed by atoms with Gasteiger partial charge in [0, 0.05) is 10.7 Å². The Hall–Kier alpha value is -1.39. The van der Waals surface area contributed by atoms with Crippen molar-refractivity contribution >= 4 is 35.7 Å². The van der Waals surface area contributed by atoms with Gasteiger partial charge < -0.3 is 15.8 Å². The fourth-order valence-corrected chi connectivity index (χ4v) is 1.17. The average Bonchev–Trinajstić information content (AvgIpc) is 2.21. The highest BCUT2D eigenvalue weighted by Gasteiger charge is 1.99. The molecule has 0 saturated carbocycles. The van der Waals surface area contributed by atoms with Crippen molar-refractivity contribution in [1.29, 1.82) is 0 Å². The van der Waals surface area contributed by atoms with Gasteiger partial charge >= 0.3 is 5.97 Å². The summed E-state index contributed by atoms with van der Waals surface area (Å²) in [7, 11) is 0. The molecule has 3 N–H and O–H groups in total. The molecule has 94 valence electrons. The smallest absolute Gasteiger partial charge is 0.334 e. The first kappa shape index (κ1) is 15.6. The van der Waals surface area contributed by atoms with Crippen molar-refractivity contribution in [2.24, 2.45) is 5.73 Å². The molecule has 17 heavy (non-hydrogen) atoms. The van der Waals surface area contributed by atoms with Gasteiger partial charge in [0.05, 0.1) is 12.7 Å². The third kappa shape index (κ3) is 6.04. The summed E-state index contributed by atoms with van der Waals surface area (Å²) in [5.41, 5.74) is 6.34. The zero-order valence-electron chi connectivity index (χ0n) is 9.27. The number of esters is 1. The molecule has 0 bridgehead atoms. The van der Waals surface area contributed by atoms with Gasteiger partial charge in [-0.2, -0.15) is 0 Å². The van der Waals surface area contributed by atoms with E-state index in [1.165, 1.54) is 6.08 Å². The molecule has 0 unspecified atom stereocenters. The molecule has 0 atom stereocenters. The molecule has 1 rings (SSSR count). The summed E-state index contributed by atoms with van der Waals surface area (Å²) in [4.78, 5) is 11.1. The van der Waals surface area contributed by atoms with Crippen LogP contribution in [0, 0.1) is 0 Å². The zero-order chi connectivity index (χ0) is 12.0. The Labute approximate surface area is 111 Å². The van der Waals surface area contributed by atoms with Gasteiger partial charge in [0.1, 0.15) is 5.82 Å². The summed E-state index contributed by atoms with van der Waals surface area (Å²) in [6.07, 6.45) is 1.19. The van der Waals surface area contributed by atoms with Gasteiger partial charge in [-0.25, -0.2) is 4.79 Å².